The molecule has 0 radical (unpaired) electrons. The number of ether oxygens (including phenoxy) is 1. The summed E-state index contributed by atoms with van der Waals surface area (Å²) in [6, 6.07) is 1.83. The van der Waals surface area contributed by atoms with Crippen molar-refractivity contribution in [3.8, 4) is 0 Å². The summed E-state index contributed by atoms with van der Waals surface area (Å²) >= 11 is 0. The summed E-state index contributed by atoms with van der Waals surface area (Å²) in [7, 11) is 1.59. The number of rotatable bonds is 7. The highest BCUT2D eigenvalue weighted by molar-refractivity contribution is 5.38. The highest BCUT2D eigenvalue weighted by Crippen LogP contribution is 2.24. The van der Waals surface area contributed by atoms with E-state index in [1.807, 2.05) is 6.07 Å². The van der Waals surface area contributed by atoms with Gasteiger partial charge in [-0.15, -0.1) is 0 Å². The molecule has 8 heteroatoms. The number of anilines is 1. The highest BCUT2D eigenvalue weighted by Gasteiger charge is 2.32. The summed E-state index contributed by atoms with van der Waals surface area (Å²) in [5.41, 5.74) is 0. The predicted molar refractivity (Wildman–Crippen MR) is 81.2 cm³/mol. The maximum atomic E-state index is 12.5. The largest absolute Gasteiger partial charge is 0.401 e. The van der Waals surface area contributed by atoms with Gasteiger partial charge in [-0.2, -0.15) is 13.2 Å². The Morgan fingerprint density at radius 2 is 2.22 bits per heavy atom. The minimum Gasteiger partial charge on any atom is -0.377 e. The molecule has 2 heterocycles. The minimum atomic E-state index is -4.14. The van der Waals surface area contributed by atoms with E-state index in [0.29, 0.717) is 25.5 Å². The van der Waals surface area contributed by atoms with E-state index in [1.165, 1.54) is 4.90 Å². The Balaban J connectivity index is 1.91. The molecule has 0 N–H and O–H groups in total. The van der Waals surface area contributed by atoms with E-state index in [-0.39, 0.29) is 5.92 Å². The molecule has 1 aromatic heterocycles. The zero-order valence-electron chi connectivity index (χ0n) is 13.5. The van der Waals surface area contributed by atoms with Gasteiger partial charge in [-0.1, -0.05) is 6.92 Å². The van der Waals surface area contributed by atoms with Crippen molar-refractivity contribution in [3.63, 3.8) is 0 Å². The van der Waals surface area contributed by atoms with Gasteiger partial charge >= 0.3 is 6.18 Å². The van der Waals surface area contributed by atoms with Crippen molar-refractivity contribution in [3.05, 3.63) is 18.1 Å². The SMILES string of the molecule is CCN(CC1CCN(c2ccnc(COC)n2)C1)CC(F)(F)F. The molecule has 1 aliphatic rings. The molecule has 1 aliphatic heterocycles. The summed E-state index contributed by atoms with van der Waals surface area (Å²) in [6.45, 7) is 3.66. The number of alkyl halides is 3. The van der Waals surface area contributed by atoms with E-state index in [4.69, 9.17) is 4.74 Å². The van der Waals surface area contributed by atoms with Crippen LogP contribution < -0.4 is 4.90 Å². The number of nitrogens with zero attached hydrogens (tertiary/aromatic N) is 4. The van der Waals surface area contributed by atoms with Crippen LogP contribution in [-0.4, -0.2) is 60.9 Å². The van der Waals surface area contributed by atoms with Gasteiger partial charge in [0.2, 0.25) is 0 Å². The van der Waals surface area contributed by atoms with Gasteiger partial charge in [0.25, 0.3) is 0 Å². The van der Waals surface area contributed by atoms with Crippen molar-refractivity contribution in [2.75, 3.05) is 44.7 Å². The third-order valence-corrected chi connectivity index (χ3v) is 3.94. The fraction of sp³-hybridized carbons (Fsp3) is 0.733. The molecular weight excluding hydrogens is 309 g/mol. The van der Waals surface area contributed by atoms with E-state index in [1.54, 1.807) is 20.2 Å². The molecule has 1 aromatic rings. The molecule has 1 unspecified atom stereocenters. The Morgan fingerprint density at radius 1 is 1.43 bits per heavy atom. The number of hydrogen-bond acceptors (Lipinski definition) is 5. The predicted octanol–water partition coefficient (Wildman–Crippen LogP) is 2.33. The Morgan fingerprint density at radius 3 is 2.87 bits per heavy atom. The monoisotopic (exact) mass is 332 g/mol. The number of aromatic nitrogens is 2. The first kappa shape index (κ1) is 17.9. The molecule has 23 heavy (non-hydrogen) atoms. The topological polar surface area (TPSA) is 41.5 Å². The van der Waals surface area contributed by atoms with Crippen molar-refractivity contribution >= 4 is 5.82 Å². The van der Waals surface area contributed by atoms with Crippen molar-refractivity contribution in [1.82, 2.24) is 14.9 Å². The van der Waals surface area contributed by atoms with Crippen LogP contribution in [0.3, 0.4) is 0 Å². The summed E-state index contributed by atoms with van der Waals surface area (Å²) in [5, 5.41) is 0. The van der Waals surface area contributed by atoms with Crippen LogP contribution in [0.2, 0.25) is 0 Å². The smallest absolute Gasteiger partial charge is 0.377 e. The molecule has 0 aromatic carbocycles. The summed E-state index contributed by atoms with van der Waals surface area (Å²) < 4.78 is 42.7. The van der Waals surface area contributed by atoms with E-state index >= 15 is 0 Å². The molecule has 2 rings (SSSR count). The molecular formula is C15H23F3N4O. The minimum absolute atomic E-state index is 0.221. The molecule has 5 nitrogen and oxygen atoms in total. The highest BCUT2D eigenvalue weighted by atomic mass is 19.4. The van der Waals surface area contributed by atoms with Gasteiger partial charge in [0.05, 0.1) is 6.54 Å². The third kappa shape index (κ3) is 5.62. The van der Waals surface area contributed by atoms with Gasteiger partial charge in [-0.25, -0.2) is 9.97 Å². The molecule has 130 valence electrons. The van der Waals surface area contributed by atoms with Gasteiger partial charge < -0.3 is 9.64 Å². The molecule has 1 atom stereocenters. The summed E-state index contributed by atoms with van der Waals surface area (Å²) in [5.74, 6) is 1.65. The van der Waals surface area contributed by atoms with Crippen molar-refractivity contribution < 1.29 is 17.9 Å². The Labute approximate surface area is 134 Å². The van der Waals surface area contributed by atoms with E-state index in [0.717, 1.165) is 25.3 Å². The lowest BCUT2D eigenvalue weighted by Gasteiger charge is -2.25. The van der Waals surface area contributed by atoms with Gasteiger partial charge in [0, 0.05) is 32.9 Å². The number of halogens is 3. The first-order valence-electron chi connectivity index (χ1n) is 7.76. The quantitative estimate of drug-likeness (QED) is 0.767. The maximum Gasteiger partial charge on any atom is 0.401 e. The molecule has 0 amide bonds. The van der Waals surface area contributed by atoms with Crippen molar-refractivity contribution in [2.45, 2.75) is 26.1 Å². The Hall–Kier alpha value is -1.41. The fourth-order valence-electron chi connectivity index (χ4n) is 2.88. The number of methoxy groups -OCH3 is 1. The van der Waals surface area contributed by atoms with Crippen molar-refractivity contribution in [2.24, 2.45) is 5.92 Å². The molecule has 1 saturated heterocycles. The van der Waals surface area contributed by atoms with Crippen LogP contribution in [0.4, 0.5) is 19.0 Å². The standard InChI is InChI=1S/C15H23F3N4O/c1-3-21(11-15(16,17)18)8-12-5-7-22(9-12)14-4-6-19-13(20-14)10-23-2/h4,6,12H,3,5,7-11H2,1-2H3. The van der Waals surface area contributed by atoms with Crippen LogP contribution in [0, 0.1) is 5.92 Å². The first-order valence-corrected chi connectivity index (χ1v) is 7.76. The average molecular weight is 332 g/mol. The summed E-state index contributed by atoms with van der Waals surface area (Å²) in [4.78, 5) is 12.1. The van der Waals surface area contributed by atoms with Gasteiger partial charge in [-0.05, 0) is 24.9 Å². The van der Waals surface area contributed by atoms with Crippen LogP contribution in [0.5, 0.6) is 0 Å². The Bertz CT molecular complexity index is 498. The fourth-order valence-corrected chi connectivity index (χ4v) is 2.88. The van der Waals surface area contributed by atoms with Gasteiger partial charge in [0.15, 0.2) is 5.82 Å². The lowest BCUT2D eigenvalue weighted by molar-refractivity contribution is -0.146. The zero-order valence-corrected chi connectivity index (χ0v) is 13.5. The van der Waals surface area contributed by atoms with E-state index in [9.17, 15) is 13.2 Å². The van der Waals surface area contributed by atoms with Crippen LogP contribution >= 0.6 is 0 Å². The third-order valence-electron chi connectivity index (χ3n) is 3.94. The average Bonchev–Trinajstić information content (AvgIpc) is 2.94. The molecule has 1 fully saturated rings. The molecule has 0 bridgehead atoms. The normalized spacial score (nSPS) is 18.9. The van der Waals surface area contributed by atoms with Crippen LogP contribution in [0.25, 0.3) is 0 Å². The second kappa shape index (κ2) is 7.92. The second-order valence-corrected chi connectivity index (χ2v) is 5.81. The molecule has 0 saturated carbocycles. The van der Waals surface area contributed by atoms with Gasteiger partial charge in [-0.3, -0.25) is 4.90 Å². The van der Waals surface area contributed by atoms with Crippen molar-refractivity contribution in [1.29, 1.82) is 0 Å². The molecule has 0 spiro atoms. The second-order valence-electron chi connectivity index (χ2n) is 5.81. The van der Waals surface area contributed by atoms with Crippen LogP contribution in [-0.2, 0) is 11.3 Å². The van der Waals surface area contributed by atoms with Gasteiger partial charge in [0.1, 0.15) is 12.4 Å². The van der Waals surface area contributed by atoms with Crippen LogP contribution in [0.1, 0.15) is 19.2 Å². The van der Waals surface area contributed by atoms with E-state index < -0.39 is 12.7 Å². The number of hydrogen-bond donors (Lipinski definition) is 0. The first-order chi connectivity index (χ1) is 10.9. The lowest BCUT2D eigenvalue weighted by atomic mass is 10.1. The van der Waals surface area contributed by atoms with E-state index in [2.05, 4.69) is 14.9 Å². The molecule has 0 aliphatic carbocycles. The maximum absolute atomic E-state index is 12.5. The lowest BCUT2D eigenvalue weighted by Crippen LogP contribution is -2.38. The Kier molecular flexibility index (Phi) is 6.17. The summed E-state index contributed by atoms with van der Waals surface area (Å²) in [6.07, 6.45) is -1.58. The van der Waals surface area contributed by atoms with Crippen LogP contribution in [0.15, 0.2) is 12.3 Å². The zero-order chi connectivity index (χ0) is 16.9.